The van der Waals surface area contributed by atoms with Gasteiger partial charge in [-0.2, -0.15) is 0 Å². The number of amides is 2. The summed E-state index contributed by atoms with van der Waals surface area (Å²) in [4.78, 5) is 26.1. The topological polar surface area (TPSA) is 67.9 Å². The molecule has 2 atom stereocenters. The fraction of sp³-hybridized carbons (Fsp3) is 0.579. The van der Waals surface area contributed by atoms with Crippen LogP contribution in [0.1, 0.15) is 46.1 Å². The predicted octanol–water partition coefficient (Wildman–Crippen LogP) is 3.70. The Hall–Kier alpha value is -2.24. The lowest BCUT2D eigenvalue weighted by Gasteiger charge is -2.39. The van der Waals surface area contributed by atoms with E-state index in [1.807, 2.05) is 58.0 Å². The largest absolute Gasteiger partial charge is 0.445 e. The molecule has 6 nitrogen and oxygen atoms in total. The van der Waals surface area contributed by atoms with E-state index in [1.165, 1.54) is 0 Å². The zero-order chi connectivity index (χ0) is 18.4. The third-order valence-electron chi connectivity index (χ3n) is 4.13. The third kappa shape index (κ3) is 5.96. The molecule has 0 bridgehead atoms. The lowest BCUT2D eigenvalue weighted by molar-refractivity contribution is 0.0371. The van der Waals surface area contributed by atoms with E-state index >= 15 is 0 Å². The molecule has 1 saturated heterocycles. The van der Waals surface area contributed by atoms with Gasteiger partial charge in [-0.1, -0.05) is 30.3 Å². The first-order chi connectivity index (χ1) is 11.8. The van der Waals surface area contributed by atoms with E-state index in [4.69, 9.17) is 9.47 Å². The number of carbonyl (C=O) groups is 2. The molecule has 138 valence electrons. The van der Waals surface area contributed by atoms with Crippen molar-refractivity contribution in [3.63, 3.8) is 0 Å². The second kappa shape index (κ2) is 8.23. The van der Waals surface area contributed by atoms with Crippen molar-refractivity contribution in [2.45, 2.75) is 64.8 Å². The summed E-state index contributed by atoms with van der Waals surface area (Å²) in [6.45, 7) is 8.26. The van der Waals surface area contributed by atoms with Crippen LogP contribution in [0.4, 0.5) is 9.59 Å². The molecule has 1 aliphatic heterocycles. The molecule has 1 N–H and O–H groups in total. The minimum atomic E-state index is -0.545. The number of carbonyl (C=O) groups excluding carboxylic acids is 2. The average Bonchev–Trinajstić information content (AvgIpc) is 2.54. The quantitative estimate of drug-likeness (QED) is 0.904. The van der Waals surface area contributed by atoms with E-state index in [9.17, 15) is 9.59 Å². The van der Waals surface area contributed by atoms with Crippen molar-refractivity contribution in [1.82, 2.24) is 10.2 Å². The molecule has 0 radical (unpaired) electrons. The second-order valence-corrected chi connectivity index (χ2v) is 7.37. The molecule has 2 rings (SSSR count). The van der Waals surface area contributed by atoms with Gasteiger partial charge in [0.1, 0.15) is 12.2 Å². The Kier molecular flexibility index (Phi) is 6.28. The van der Waals surface area contributed by atoms with Crippen LogP contribution >= 0.6 is 0 Å². The molecule has 25 heavy (non-hydrogen) atoms. The SMILES string of the molecule is CC1C(NC(=O)OC(C)(C)C)CCCN1C(=O)OCc1ccccc1. The highest BCUT2D eigenvalue weighted by Crippen LogP contribution is 2.20. The Morgan fingerprint density at radius 2 is 1.92 bits per heavy atom. The van der Waals surface area contributed by atoms with Crippen molar-refractivity contribution < 1.29 is 19.1 Å². The highest BCUT2D eigenvalue weighted by Gasteiger charge is 2.33. The monoisotopic (exact) mass is 348 g/mol. The maximum absolute atomic E-state index is 12.4. The number of alkyl carbamates (subject to hydrolysis) is 1. The fourth-order valence-corrected chi connectivity index (χ4v) is 2.86. The van der Waals surface area contributed by atoms with E-state index in [-0.39, 0.29) is 24.8 Å². The summed E-state index contributed by atoms with van der Waals surface area (Å²) in [5.41, 5.74) is 0.403. The summed E-state index contributed by atoms with van der Waals surface area (Å²) in [5, 5.41) is 2.87. The molecule has 2 amide bonds. The Morgan fingerprint density at radius 1 is 1.24 bits per heavy atom. The van der Waals surface area contributed by atoms with Crippen LogP contribution in [-0.4, -0.2) is 41.3 Å². The lowest BCUT2D eigenvalue weighted by atomic mass is 9.98. The van der Waals surface area contributed by atoms with Crippen LogP contribution in [0.3, 0.4) is 0 Å². The Labute approximate surface area is 149 Å². The minimum Gasteiger partial charge on any atom is -0.445 e. The van der Waals surface area contributed by atoms with Gasteiger partial charge in [0.15, 0.2) is 0 Å². The van der Waals surface area contributed by atoms with E-state index in [0.717, 1.165) is 18.4 Å². The summed E-state index contributed by atoms with van der Waals surface area (Å²) in [5.74, 6) is 0. The first-order valence-electron chi connectivity index (χ1n) is 8.73. The highest BCUT2D eigenvalue weighted by molar-refractivity contribution is 5.70. The number of rotatable bonds is 3. The lowest BCUT2D eigenvalue weighted by Crippen LogP contribution is -2.56. The fourth-order valence-electron chi connectivity index (χ4n) is 2.86. The van der Waals surface area contributed by atoms with E-state index in [0.29, 0.717) is 6.54 Å². The third-order valence-corrected chi connectivity index (χ3v) is 4.13. The maximum atomic E-state index is 12.4. The van der Waals surface area contributed by atoms with Gasteiger partial charge < -0.3 is 19.7 Å². The molecule has 1 aromatic carbocycles. The van der Waals surface area contributed by atoms with Crippen LogP contribution in [0, 0.1) is 0 Å². The van der Waals surface area contributed by atoms with Gasteiger partial charge in [0, 0.05) is 6.54 Å². The van der Waals surface area contributed by atoms with Crippen LogP contribution in [0.15, 0.2) is 30.3 Å². The summed E-state index contributed by atoms with van der Waals surface area (Å²) in [6.07, 6.45) is 0.810. The van der Waals surface area contributed by atoms with E-state index < -0.39 is 11.7 Å². The molecular weight excluding hydrogens is 320 g/mol. The van der Waals surface area contributed by atoms with Crippen molar-refractivity contribution in [3.8, 4) is 0 Å². The summed E-state index contributed by atoms with van der Waals surface area (Å²) >= 11 is 0. The van der Waals surface area contributed by atoms with Crippen molar-refractivity contribution in [2.75, 3.05) is 6.54 Å². The van der Waals surface area contributed by atoms with Gasteiger partial charge in [-0.25, -0.2) is 9.59 Å². The first-order valence-corrected chi connectivity index (χ1v) is 8.73. The molecule has 1 heterocycles. The van der Waals surface area contributed by atoms with E-state index in [2.05, 4.69) is 5.32 Å². The number of hydrogen-bond donors (Lipinski definition) is 1. The van der Waals surface area contributed by atoms with Crippen LogP contribution in [0.25, 0.3) is 0 Å². The van der Waals surface area contributed by atoms with Gasteiger partial charge in [0.25, 0.3) is 0 Å². The van der Waals surface area contributed by atoms with Gasteiger partial charge >= 0.3 is 12.2 Å². The van der Waals surface area contributed by atoms with Crippen molar-refractivity contribution in [1.29, 1.82) is 0 Å². The van der Waals surface area contributed by atoms with Gasteiger partial charge in [0.2, 0.25) is 0 Å². The molecule has 2 unspecified atom stereocenters. The number of benzene rings is 1. The van der Waals surface area contributed by atoms with Crippen molar-refractivity contribution in [3.05, 3.63) is 35.9 Å². The predicted molar refractivity (Wildman–Crippen MR) is 95.2 cm³/mol. The second-order valence-electron chi connectivity index (χ2n) is 7.37. The molecule has 0 aromatic heterocycles. The smallest absolute Gasteiger partial charge is 0.410 e. The summed E-state index contributed by atoms with van der Waals surface area (Å²) in [6, 6.07) is 9.28. The van der Waals surface area contributed by atoms with Crippen LogP contribution in [0.2, 0.25) is 0 Å². The maximum Gasteiger partial charge on any atom is 0.410 e. The van der Waals surface area contributed by atoms with Gasteiger partial charge in [-0.05, 0) is 46.1 Å². The van der Waals surface area contributed by atoms with Crippen LogP contribution in [-0.2, 0) is 16.1 Å². The summed E-state index contributed by atoms with van der Waals surface area (Å²) < 4.78 is 10.7. The zero-order valence-corrected chi connectivity index (χ0v) is 15.5. The number of ether oxygens (including phenoxy) is 2. The molecule has 1 aromatic rings. The molecule has 6 heteroatoms. The van der Waals surface area contributed by atoms with Crippen molar-refractivity contribution in [2.24, 2.45) is 0 Å². The Balaban J connectivity index is 1.88. The first kappa shape index (κ1) is 19.1. The molecule has 1 fully saturated rings. The Bertz CT molecular complexity index is 583. The highest BCUT2D eigenvalue weighted by atomic mass is 16.6. The zero-order valence-electron chi connectivity index (χ0n) is 15.5. The number of hydrogen-bond acceptors (Lipinski definition) is 4. The average molecular weight is 348 g/mol. The molecular formula is C19H28N2O4. The van der Waals surface area contributed by atoms with Gasteiger partial charge in [-0.15, -0.1) is 0 Å². The molecule has 0 spiro atoms. The number of piperidine rings is 1. The van der Waals surface area contributed by atoms with Gasteiger partial charge in [-0.3, -0.25) is 0 Å². The van der Waals surface area contributed by atoms with Gasteiger partial charge in [0.05, 0.1) is 12.1 Å². The van der Waals surface area contributed by atoms with Crippen LogP contribution < -0.4 is 5.32 Å². The summed E-state index contributed by atoms with van der Waals surface area (Å²) in [7, 11) is 0. The molecule has 0 saturated carbocycles. The normalized spacial score (nSPS) is 20.7. The number of nitrogens with one attached hydrogen (secondary N) is 1. The standard InChI is InChI=1S/C19H28N2O4/c1-14-16(20-17(22)25-19(2,3)4)11-8-12-21(14)18(23)24-13-15-9-6-5-7-10-15/h5-7,9-10,14,16H,8,11-13H2,1-4H3,(H,20,22). The number of nitrogens with zero attached hydrogens (tertiary/aromatic N) is 1. The Morgan fingerprint density at radius 3 is 2.56 bits per heavy atom. The van der Waals surface area contributed by atoms with E-state index in [1.54, 1.807) is 4.90 Å². The molecule has 0 aliphatic carbocycles. The number of likely N-dealkylation sites (tertiary alicyclic amines) is 1. The minimum absolute atomic E-state index is 0.145. The van der Waals surface area contributed by atoms with Crippen LogP contribution in [0.5, 0.6) is 0 Å². The molecule has 1 aliphatic rings. The van der Waals surface area contributed by atoms with Crippen molar-refractivity contribution >= 4 is 12.2 Å².